The number of hydrogen-bond donors (Lipinski definition) is 2. The smallest absolute Gasteiger partial charge is 0.257 e. The summed E-state index contributed by atoms with van der Waals surface area (Å²) in [7, 11) is 3.35. The first-order chi connectivity index (χ1) is 9.52. The maximum atomic E-state index is 12.2. The summed E-state index contributed by atoms with van der Waals surface area (Å²) in [6.45, 7) is 2.30. The van der Waals surface area contributed by atoms with Crippen LogP contribution in [0.1, 0.15) is 21.6 Å². The van der Waals surface area contributed by atoms with E-state index in [4.69, 9.17) is 10.5 Å². The molecule has 20 heavy (non-hydrogen) atoms. The molecule has 0 saturated carbocycles. The number of hydrogen-bond acceptors (Lipinski definition) is 4. The number of anilines is 1. The Labute approximate surface area is 117 Å². The SMILES string of the molecule is COc1cccc(N)c1C(=O)NCc1cn(C)nc1C. The first-order valence-electron chi connectivity index (χ1n) is 6.22. The van der Waals surface area contributed by atoms with Crippen molar-refractivity contribution in [2.45, 2.75) is 13.5 Å². The fraction of sp³-hybridized carbons (Fsp3) is 0.286. The normalized spacial score (nSPS) is 10.3. The molecule has 0 aliphatic rings. The number of nitrogens with zero attached hydrogens (tertiary/aromatic N) is 2. The zero-order chi connectivity index (χ0) is 14.7. The summed E-state index contributed by atoms with van der Waals surface area (Å²) in [5.74, 6) is 0.202. The molecule has 0 unspecified atom stereocenters. The number of ether oxygens (including phenoxy) is 1. The number of aryl methyl sites for hydroxylation is 2. The summed E-state index contributed by atoms with van der Waals surface area (Å²) in [6, 6.07) is 5.13. The van der Waals surface area contributed by atoms with Gasteiger partial charge >= 0.3 is 0 Å². The highest BCUT2D eigenvalue weighted by Crippen LogP contribution is 2.23. The van der Waals surface area contributed by atoms with Crippen LogP contribution in [0.25, 0.3) is 0 Å². The Morgan fingerprint density at radius 1 is 1.50 bits per heavy atom. The van der Waals surface area contributed by atoms with Crippen LogP contribution in [0, 0.1) is 6.92 Å². The highest BCUT2D eigenvalue weighted by Gasteiger charge is 2.16. The third-order valence-corrected chi connectivity index (χ3v) is 3.06. The summed E-state index contributed by atoms with van der Waals surface area (Å²) in [4.78, 5) is 12.2. The van der Waals surface area contributed by atoms with Crippen molar-refractivity contribution in [3.63, 3.8) is 0 Å². The minimum absolute atomic E-state index is 0.261. The topological polar surface area (TPSA) is 82.2 Å². The van der Waals surface area contributed by atoms with Crippen LogP contribution < -0.4 is 15.8 Å². The molecule has 1 aromatic heterocycles. The fourth-order valence-electron chi connectivity index (χ4n) is 2.05. The van der Waals surface area contributed by atoms with Gasteiger partial charge in [0.25, 0.3) is 5.91 Å². The van der Waals surface area contributed by atoms with E-state index in [1.54, 1.807) is 22.9 Å². The quantitative estimate of drug-likeness (QED) is 0.822. The molecular formula is C14H18N4O2. The summed E-state index contributed by atoms with van der Waals surface area (Å²) in [5.41, 5.74) is 8.45. The molecule has 0 aliphatic heterocycles. The molecule has 0 radical (unpaired) electrons. The zero-order valence-corrected chi connectivity index (χ0v) is 11.8. The molecule has 6 nitrogen and oxygen atoms in total. The van der Waals surface area contributed by atoms with Crippen LogP contribution in [-0.4, -0.2) is 22.8 Å². The van der Waals surface area contributed by atoms with Crippen LogP contribution in [0.4, 0.5) is 5.69 Å². The van der Waals surface area contributed by atoms with Gasteiger partial charge in [0.1, 0.15) is 11.3 Å². The predicted octanol–water partition coefficient (Wildman–Crippen LogP) is 1.25. The molecule has 106 valence electrons. The number of nitrogens with two attached hydrogens (primary N) is 1. The molecule has 0 saturated heterocycles. The van der Waals surface area contributed by atoms with E-state index in [-0.39, 0.29) is 5.91 Å². The lowest BCUT2D eigenvalue weighted by atomic mass is 10.1. The van der Waals surface area contributed by atoms with E-state index in [0.29, 0.717) is 23.5 Å². The molecule has 0 atom stereocenters. The van der Waals surface area contributed by atoms with E-state index in [2.05, 4.69) is 10.4 Å². The Kier molecular flexibility index (Phi) is 3.93. The van der Waals surface area contributed by atoms with Crippen molar-refractivity contribution >= 4 is 11.6 Å². The molecular weight excluding hydrogens is 256 g/mol. The van der Waals surface area contributed by atoms with E-state index in [0.717, 1.165) is 11.3 Å². The number of benzene rings is 1. The summed E-state index contributed by atoms with van der Waals surface area (Å²) < 4.78 is 6.89. The Hall–Kier alpha value is -2.50. The second-order valence-corrected chi connectivity index (χ2v) is 4.52. The van der Waals surface area contributed by atoms with Crippen molar-refractivity contribution in [1.29, 1.82) is 0 Å². The van der Waals surface area contributed by atoms with Crippen LogP contribution >= 0.6 is 0 Å². The number of nitrogen functional groups attached to an aromatic ring is 1. The monoisotopic (exact) mass is 274 g/mol. The van der Waals surface area contributed by atoms with Crippen molar-refractivity contribution in [3.05, 3.63) is 41.2 Å². The van der Waals surface area contributed by atoms with Crippen LogP contribution in [0.5, 0.6) is 5.75 Å². The number of amides is 1. The van der Waals surface area contributed by atoms with Crippen molar-refractivity contribution in [1.82, 2.24) is 15.1 Å². The Balaban J connectivity index is 2.15. The van der Waals surface area contributed by atoms with Gasteiger partial charge in [0.2, 0.25) is 0 Å². The van der Waals surface area contributed by atoms with E-state index in [1.807, 2.05) is 20.2 Å². The van der Waals surface area contributed by atoms with Crippen molar-refractivity contribution in [2.75, 3.05) is 12.8 Å². The van der Waals surface area contributed by atoms with Gasteiger partial charge in [-0.05, 0) is 19.1 Å². The Bertz CT molecular complexity index is 634. The van der Waals surface area contributed by atoms with Crippen LogP contribution in [0.15, 0.2) is 24.4 Å². The molecule has 3 N–H and O–H groups in total. The van der Waals surface area contributed by atoms with Crippen molar-refractivity contribution in [3.8, 4) is 5.75 Å². The van der Waals surface area contributed by atoms with Crippen molar-refractivity contribution in [2.24, 2.45) is 7.05 Å². The van der Waals surface area contributed by atoms with Gasteiger partial charge in [-0.3, -0.25) is 9.48 Å². The van der Waals surface area contributed by atoms with Gasteiger partial charge in [0, 0.05) is 31.0 Å². The third-order valence-electron chi connectivity index (χ3n) is 3.06. The van der Waals surface area contributed by atoms with Crippen LogP contribution in [-0.2, 0) is 13.6 Å². The third kappa shape index (κ3) is 2.74. The Morgan fingerprint density at radius 2 is 2.25 bits per heavy atom. The van der Waals surface area contributed by atoms with Gasteiger partial charge in [-0.15, -0.1) is 0 Å². The van der Waals surface area contributed by atoms with Gasteiger partial charge in [-0.2, -0.15) is 5.10 Å². The van der Waals surface area contributed by atoms with E-state index >= 15 is 0 Å². The van der Waals surface area contributed by atoms with E-state index < -0.39 is 0 Å². The minimum Gasteiger partial charge on any atom is -0.496 e. The predicted molar refractivity (Wildman–Crippen MR) is 76.5 cm³/mol. The lowest BCUT2D eigenvalue weighted by Crippen LogP contribution is -2.24. The van der Waals surface area contributed by atoms with E-state index in [9.17, 15) is 4.79 Å². The number of carbonyl (C=O) groups excluding carboxylic acids is 1. The molecule has 2 aromatic rings. The standard InChI is InChI=1S/C14H18N4O2/c1-9-10(8-18(2)17-9)7-16-14(19)13-11(15)5-4-6-12(13)20-3/h4-6,8H,7,15H2,1-3H3,(H,16,19). The average molecular weight is 274 g/mol. The lowest BCUT2D eigenvalue weighted by Gasteiger charge is -2.11. The van der Waals surface area contributed by atoms with Crippen LogP contribution in [0.2, 0.25) is 0 Å². The molecule has 0 spiro atoms. The maximum Gasteiger partial charge on any atom is 0.257 e. The molecule has 6 heteroatoms. The average Bonchev–Trinajstić information content (AvgIpc) is 2.74. The van der Waals surface area contributed by atoms with Gasteiger partial charge < -0.3 is 15.8 Å². The second-order valence-electron chi connectivity index (χ2n) is 4.52. The van der Waals surface area contributed by atoms with Gasteiger partial charge in [0.05, 0.1) is 12.8 Å². The summed E-state index contributed by atoms with van der Waals surface area (Å²) >= 11 is 0. The molecule has 1 amide bonds. The van der Waals surface area contributed by atoms with E-state index in [1.165, 1.54) is 7.11 Å². The molecule has 0 bridgehead atoms. The minimum atomic E-state index is -0.261. The highest BCUT2D eigenvalue weighted by molar-refractivity contribution is 6.01. The van der Waals surface area contributed by atoms with Crippen molar-refractivity contribution < 1.29 is 9.53 Å². The van der Waals surface area contributed by atoms with Gasteiger partial charge in [0.15, 0.2) is 0 Å². The number of methoxy groups -OCH3 is 1. The molecule has 0 aliphatic carbocycles. The maximum absolute atomic E-state index is 12.2. The number of nitrogens with one attached hydrogen (secondary N) is 1. The summed E-state index contributed by atoms with van der Waals surface area (Å²) in [5, 5.41) is 7.06. The molecule has 0 fully saturated rings. The first kappa shape index (κ1) is 13.9. The number of aromatic nitrogens is 2. The van der Waals surface area contributed by atoms with Gasteiger partial charge in [-0.1, -0.05) is 6.07 Å². The summed E-state index contributed by atoms with van der Waals surface area (Å²) in [6.07, 6.45) is 1.88. The molecule has 1 heterocycles. The fourth-order valence-corrected chi connectivity index (χ4v) is 2.05. The molecule has 1 aromatic carbocycles. The largest absolute Gasteiger partial charge is 0.496 e. The van der Waals surface area contributed by atoms with Gasteiger partial charge in [-0.25, -0.2) is 0 Å². The highest BCUT2D eigenvalue weighted by atomic mass is 16.5. The Morgan fingerprint density at radius 3 is 2.85 bits per heavy atom. The molecule has 2 rings (SSSR count). The first-order valence-corrected chi connectivity index (χ1v) is 6.22. The zero-order valence-electron chi connectivity index (χ0n) is 11.8. The number of rotatable bonds is 4. The number of carbonyl (C=O) groups is 1. The second kappa shape index (κ2) is 5.64. The van der Waals surface area contributed by atoms with Crippen LogP contribution in [0.3, 0.4) is 0 Å². The lowest BCUT2D eigenvalue weighted by molar-refractivity contribution is 0.0949.